The zero-order valence-corrected chi connectivity index (χ0v) is 36.0. The monoisotopic (exact) mass is 762 g/mol. The normalized spacial score (nSPS) is 47.1. The standard InChI is InChI=1S/C29H37.C13H19.C3H6.2ClH.Zr/c1-21-14-13-15-22-20-27(6)25(4)18-10-9-16-23(25,2)24(3)17-11-12-19-26(24,5)29(27,8)28(21,22)7;1-11-6-7-12(10-11)13(2)8-4-3-5-9-13;1-3-2;;;/h9-20,22H,1-8H3;7,10-11H,3-5,8-9H2,1-2H3;1-2H3;2*1H;/q;;;;;+2/p-2. The van der Waals surface area contributed by atoms with Gasteiger partial charge in [0.1, 0.15) is 0 Å². The van der Waals surface area contributed by atoms with Gasteiger partial charge in [-0.2, -0.15) is 0 Å². The minimum atomic E-state index is -2.52. The number of fused-ring (bicyclic) bond motifs is 8. The Morgan fingerprint density at radius 2 is 1.23 bits per heavy atom. The van der Waals surface area contributed by atoms with Crippen LogP contribution in [0.25, 0.3) is 0 Å². The van der Waals surface area contributed by atoms with Gasteiger partial charge in [-0.05, 0) is 0 Å². The number of hydrogen-bond acceptors (Lipinski definition) is 0. The van der Waals surface area contributed by atoms with Gasteiger partial charge in [-0.1, -0.05) is 0 Å². The van der Waals surface area contributed by atoms with Gasteiger partial charge in [0.2, 0.25) is 0 Å². The Bertz CT molecular complexity index is 1650. The summed E-state index contributed by atoms with van der Waals surface area (Å²) in [5, 5.41) is 0. The van der Waals surface area contributed by atoms with Crippen molar-refractivity contribution >= 4 is 3.21 Å². The SMILES string of the molecule is CC1=CC=CC2[CH]([Zr+2]([C]3=CC(C4(C)CCCCC4)=CC3C)=[C](C)C)C3(C)C4(C)C=CC=CC4(C)C4(C)C=CC=CC4(C)C3(C)C12C.[Cl-].[Cl-]. The van der Waals surface area contributed by atoms with Crippen LogP contribution in [-0.2, 0) is 21.3 Å². The van der Waals surface area contributed by atoms with Gasteiger partial charge >= 0.3 is 292 Å². The van der Waals surface area contributed by atoms with E-state index in [1.54, 1.807) is 14.4 Å². The Morgan fingerprint density at radius 3 is 1.79 bits per heavy atom. The zero-order chi connectivity index (χ0) is 33.3. The minimum absolute atomic E-state index is 0. The largest absolute Gasteiger partial charge is 1.00 e. The van der Waals surface area contributed by atoms with E-state index in [0.29, 0.717) is 20.9 Å². The fourth-order valence-corrected chi connectivity index (χ4v) is 24.9. The van der Waals surface area contributed by atoms with Gasteiger partial charge < -0.3 is 24.8 Å². The molecule has 0 radical (unpaired) electrons. The number of rotatable bonds is 3. The van der Waals surface area contributed by atoms with Crippen LogP contribution in [0.2, 0.25) is 3.63 Å². The smallest absolute Gasteiger partial charge is 1.00 e. The molecule has 3 heteroatoms. The first-order valence-corrected chi connectivity index (χ1v) is 22.5. The van der Waals surface area contributed by atoms with Crippen molar-refractivity contribution in [2.75, 3.05) is 0 Å². The van der Waals surface area contributed by atoms with Crippen LogP contribution in [0.3, 0.4) is 0 Å². The predicted molar refractivity (Wildman–Crippen MR) is 196 cm³/mol. The zero-order valence-electron chi connectivity index (χ0n) is 32.0. The van der Waals surface area contributed by atoms with Crippen LogP contribution >= 0.6 is 0 Å². The average Bonchev–Trinajstić information content (AvgIpc) is 3.47. The van der Waals surface area contributed by atoms with Crippen LogP contribution in [0, 0.1) is 55.2 Å². The van der Waals surface area contributed by atoms with Gasteiger partial charge in [-0.15, -0.1) is 0 Å². The van der Waals surface area contributed by atoms with Crippen molar-refractivity contribution in [2.24, 2.45) is 55.2 Å². The van der Waals surface area contributed by atoms with Crippen LogP contribution in [0.15, 0.2) is 93.4 Å². The maximum atomic E-state index is 2.83. The Hall–Kier alpha value is -0.747. The van der Waals surface area contributed by atoms with Gasteiger partial charge in [0, 0.05) is 0 Å². The van der Waals surface area contributed by atoms with E-state index in [0.717, 1.165) is 0 Å². The van der Waals surface area contributed by atoms with Crippen LogP contribution in [0.1, 0.15) is 115 Å². The predicted octanol–water partition coefficient (Wildman–Crippen LogP) is 6.50. The van der Waals surface area contributed by atoms with Crippen LogP contribution in [0.4, 0.5) is 0 Å². The quantitative estimate of drug-likeness (QED) is 0.308. The van der Waals surface area contributed by atoms with E-state index < -0.39 is 21.3 Å². The Labute approximate surface area is 314 Å². The summed E-state index contributed by atoms with van der Waals surface area (Å²) in [5.74, 6) is 1.09. The molecule has 0 aromatic rings. The van der Waals surface area contributed by atoms with Gasteiger partial charge in [-0.3, -0.25) is 0 Å². The summed E-state index contributed by atoms with van der Waals surface area (Å²) in [4.78, 5) is 0. The van der Waals surface area contributed by atoms with E-state index in [-0.39, 0.29) is 62.7 Å². The van der Waals surface area contributed by atoms with E-state index in [1.165, 1.54) is 32.1 Å². The summed E-state index contributed by atoms with van der Waals surface area (Å²) in [6.45, 7) is 31.8. The molecule has 0 N–H and O–H groups in total. The molecule has 0 nitrogen and oxygen atoms in total. The van der Waals surface area contributed by atoms with Gasteiger partial charge in [0.25, 0.3) is 0 Å². The van der Waals surface area contributed by atoms with Crippen molar-refractivity contribution in [3.05, 3.63) is 93.4 Å². The molecule has 10 unspecified atom stereocenters. The minimum Gasteiger partial charge on any atom is -1.00 e. The maximum absolute atomic E-state index is 2.83. The van der Waals surface area contributed by atoms with Crippen molar-refractivity contribution in [1.29, 1.82) is 0 Å². The summed E-state index contributed by atoms with van der Waals surface area (Å²) >= 11 is -2.52. The molecule has 260 valence electrons. The molecule has 7 aliphatic rings. The fourth-order valence-electron chi connectivity index (χ4n) is 14.0. The van der Waals surface area contributed by atoms with Crippen LogP contribution in [0.5, 0.6) is 0 Å². The molecular formula is C45H62Cl2Zr. The molecule has 0 amide bonds. The average molecular weight is 765 g/mol. The fraction of sp³-hybridized carbons (Fsp3) is 0.622. The molecule has 3 saturated carbocycles. The Morgan fingerprint density at radius 1 is 0.708 bits per heavy atom. The number of allylic oxidation sites excluding steroid dienone is 16. The third kappa shape index (κ3) is 4.03. The molecule has 3 fully saturated rings. The molecule has 7 rings (SSSR count). The second kappa shape index (κ2) is 11.9. The molecule has 7 aliphatic carbocycles. The molecule has 48 heavy (non-hydrogen) atoms. The first-order valence-electron chi connectivity index (χ1n) is 18.7. The topological polar surface area (TPSA) is 0 Å². The number of halogens is 2. The summed E-state index contributed by atoms with van der Waals surface area (Å²) in [7, 11) is 0. The van der Waals surface area contributed by atoms with Gasteiger partial charge in [0.15, 0.2) is 0 Å². The van der Waals surface area contributed by atoms with E-state index >= 15 is 0 Å². The molecule has 0 heterocycles. The Kier molecular flexibility index (Phi) is 9.53. The van der Waals surface area contributed by atoms with E-state index in [4.69, 9.17) is 0 Å². The third-order valence-electron chi connectivity index (χ3n) is 17.5. The molecule has 0 aliphatic heterocycles. The summed E-state index contributed by atoms with van der Waals surface area (Å²) in [6.07, 6.45) is 40.4. The van der Waals surface area contributed by atoms with E-state index in [1.807, 2.05) is 3.28 Å². The van der Waals surface area contributed by atoms with Gasteiger partial charge in [-0.25, -0.2) is 0 Å². The first kappa shape index (κ1) is 38.5. The molecule has 0 spiro atoms. The van der Waals surface area contributed by atoms with Crippen molar-refractivity contribution in [3.8, 4) is 0 Å². The second-order valence-electron chi connectivity index (χ2n) is 18.6. The van der Waals surface area contributed by atoms with Crippen LogP contribution < -0.4 is 24.8 Å². The van der Waals surface area contributed by atoms with E-state index in [2.05, 4.69) is 162 Å². The molecule has 0 saturated heterocycles. The molecule has 0 aromatic carbocycles. The molecule has 10 atom stereocenters. The number of hydrogen-bond donors (Lipinski definition) is 0. The van der Waals surface area contributed by atoms with Crippen molar-refractivity contribution in [3.63, 3.8) is 0 Å². The Balaban J connectivity index is 0.00000225. The summed E-state index contributed by atoms with van der Waals surface area (Å²) in [5.41, 5.74) is 3.60. The van der Waals surface area contributed by atoms with Crippen molar-refractivity contribution in [1.82, 2.24) is 0 Å². The van der Waals surface area contributed by atoms with Gasteiger partial charge in [0.05, 0.1) is 0 Å². The molecule has 0 aromatic heterocycles. The molecule has 0 bridgehead atoms. The summed E-state index contributed by atoms with van der Waals surface area (Å²) in [6, 6.07) is 0. The van der Waals surface area contributed by atoms with Crippen molar-refractivity contribution < 1.29 is 46.1 Å². The van der Waals surface area contributed by atoms with Crippen LogP contribution in [-0.4, -0.2) is 3.21 Å². The van der Waals surface area contributed by atoms with Crippen molar-refractivity contribution in [2.45, 2.75) is 119 Å². The van der Waals surface area contributed by atoms with E-state index in [9.17, 15) is 0 Å². The first-order chi connectivity index (χ1) is 21.5. The summed E-state index contributed by atoms with van der Waals surface area (Å²) < 4.78 is 4.33. The third-order valence-corrected chi connectivity index (χ3v) is 27.0. The molecular weight excluding hydrogens is 703 g/mol. The maximum Gasteiger partial charge on any atom is -1.00 e. The second-order valence-corrected chi connectivity index (χ2v) is 26.0.